The fourth-order valence-electron chi connectivity index (χ4n) is 3.49. The van der Waals surface area contributed by atoms with E-state index in [1.165, 1.54) is 19.1 Å². The van der Waals surface area contributed by atoms with Crippen LogP contribution in [0.2, 0.25) is 0 Å². The number of ether oxygens (including phenoxy) is 4. The molecule has 1 aromatic carbocycles. The van der Waals surface area contributed by atoms with E-state index in [2.05, 4.69) is 0 Å². The highest BCUT2D eigenvalue weighted by atomic mass is 16.7. The van der Waals surface area contributed by atoms with E-state index in [-0.39, 0.29) is 19.0 Å². The van der Waals surface area contributed by atoms with Gasteiger partial charge in [-0.1, -0.05) is 12.1 Å². The molecule has 31 heavy (non-hydrogen) atoms. The summed E-state index contributed by atoms with van der Waals surface area (Å²) < 4.78 is 21.8. The lowest BCUT2D eigenvalue weighted by atomic mass is 9.98. The van der Waals surface area contributed by atoms with Crippen LogP contribution in [-0.2, 0) is 25.4 Å². The zero-order valence-corrected chi connectivity index (χ0v) is 17.0. The van der Waals surface area contributed by atoms with Crippen molar-refractivity contribution in [2.75, 3.05) is 13.2 Å². The van der Waals surface area contributed by atoms with Gasteiger partial charge < -0.3 is 54.7 Å². The zero-order chi connectivity index (χ0) is 22.7. The van der Waals surface area contributed by atoms with Gasteiger partial charge in [0, 0.05) is 0 Å². The monoisotopic (exact) mass is 446 g/mol. The summed E-state index contributed by atoms with van der Waals surface area (Å²) in [6, 6.07) is 6.50. The van der Waals surface area contributed by atoms with E-state index in [1.54, 1.807) is 12.1 Å². The molecule has 0 aliphatic carbocycles. The lowest BCUT2D eigenvalue weighted by Crippen LogP contribution is -2.61. The van der Waals surface area contributed by atoms with E-state index in [0.717, 1.165) is 5.56 Å². The van der Waals surface area contributed by atoms with Gasteiger partial charge in [0.05, 0.1) is 19.3 Å². The number of aliphatic hydroxyl groups is 6. The lowest BCUT2D eigenvalue weighted by Gasteiger charge is -2.42. The van der Waals surface area contributed by atoms with Crippen molar-refractivity contribution in [1.82, 2.24) is 0 Å². The quantitative estimate of drug-likeness (QED) is 0.237. The SMILES string of the molecule is C[C@@H]1O[C@H](OC[C@H]2O[C@@H](OCCc3ccc(O)cc3)[C@H](O)[C@@H](O)[C@@H]2O)[C@@H](O)[C@H](O)[C@H]1O. The Labute approximate surface area is 179 Å². The third kappa shape index (κ3) is 5.71. The summed E-state index contributed by atoms with van der Waals surface area (Å²) in [4.78, 5) is 0. The Morgan fingerprint density at radius 3 is 1.97 bits per heavy atom. The zero-order valence-electron chi connectivity index (χ0n) is 17.0. The van der Waals surface area contributed by atoms with Crippen LogP contribution in [0.3, 0.4) is 0 Å². The summed E-state index contributed by atoms with van der Waals surface area (Å²) >= 11 is 0. The highest BCUT2D eigenvalue weighted by Crippen LogP contribution is 2.26. The summed E-state index contributed by atoms with van der Waals surface area (Å²) in [6.07, 6.45) is -12.9. The number of benzene rings is 1. The van der Waals surface area contributed by atoms with Gasteiger partial charge in [-0.2, -0.15) is 0 Å². The molecule has 10 atom stereocenters. The Morgan fingerprint density at radius 2 is 1.32 bits per heavy atom. The van der Waals surface area contributed by atoms with Crippen molar-refractivity contribution in [3.63, 3.8) is 0 Å². The first-order valence-electron chi connectivity index (χ1n) is 10.1. The molecule has 0 unspecified atom stereocenters. The van der Waals surface area contributed by atoms with Gasteiger partial charge in [0.1, 0.15) is 48.5 Å². The smallest absolute Gasteiger partial charge is 0.186 e. The second kappa shape index (κ2) is 10.5. The van der Waals surface area contributed by atoms with Gasteiger partial charge in [-0.05, 0) is 31.0 Å². The normalized spacial score (nSPS) is 41.3. The molecule has 2 saturated heterocycles. The van der Waals surface area contributed by atoms with Gasteiger partial charge in [0.25, 0.3) is 0 Å². The van der Waals surface area contributed by atoms with E-state index in [4.69, 9.17) is 18.9 Å². The van der Waals surface area contributed by atoms with Crippen molar-refractivity contribution >= 4 is 0 Å². The summed E-state index contributed by atoms with van der Waals surface area (Å²) in [5.74, 6) is 0.138. The first kappa shape index (κ1) is 24.3. The van der Waals surface area contributed by atoms with Crippen molar-refractivity contribution in [2.45, 2.75) is 74.8 Å². The average molecular weight is 446 g/mol. The van der Waals surface area contributed by atoms with Gasteiger partial charge in [0.15, 0.2) is 12.6 Å². The average Bonchev–Trinajstić information content (AvgIpc) is 2.76. The van der Waals surface area contributed by atoms with Gasteiger partial charge >= 0.3 is 0 Å². The van der Waals surface area contributed by atoms with Crippen molar-refractivity contribution in [3.05, 3.63) is 29.8 Å². The Hall–Kier alpha value is -1.38. The number of hydrogen-bond acceptors (Lipinski definition) is 11. The summed E-state index contributed by atoms with van der Waals surface area (Å²) in [5.41, 5.74) is 0.877. The first-order chi connectivity index (χ1) is 14.7. The van der Waals surface area contributed by atoms with Crippen LogP contribution >= 0.6 is 0 Å². The van der Waals surface area contributed by atoms with Crippen LogP contribution in [0.1, 0.15) is 12.5 Å². The molecule has 11 heteroatoms. The number of rotatable bonds is 7. The molecule has 7 N–H and O–H groups in total. The third-order valence-corrected chi connectivity index (χ3v) is 5.51. The summed E-state index contributed by atoms with van der Waals surface area (Å²) in [6.45, 7) is 1.29. The van der Waals surface area contributed by atoms with E-state index >= 15 is 0 Å². The van der Waals surface area contributed by atoms with Crippen LogP contribution in [0.4, 0.5) is 0 Å². The molecule has 2 fully saturated rings. The minimum atomic E-state index is -1.57. The summed E-state index contributed by atoms with van der Waals surface area (Å²) in [7, 11) is 0. The highest BCUT2D eigenvalue weighted by Gasteiger charge is 2.46. The fourth-order valence-corrected chi connectivity index (χ4v) is 3.49. The molecule has 0 radical (unpaired) electrons. The molecule has 3 rings (SSSR count). The third-order valence-electron chi connectivity index (χ3n) is 5.51. The molecule has 0 amide bonds. The topological polar surface area (TPSA) is 179 Å². The van der Waals surface area contributed by atoms with Crippen LogP contribution in [0.15, 0.2) is 24.3 Å². The Kier molecular flexibility index (Phi) is 8.21. The molecule has 2 aliphatic heterocycles. The van der Waals surface area contributed by atoms with Crippen molar-refractivity contribution in [1.29, 1.82) is 0 Å². The van der Waals surface area contributed by atoms with Gasteiger partial charge in [0.2, 0.25) is 0 Å². The van der Waals surface area contributed by atoms with Crippen LogP contribution in [0.5, 0.6) is 5.75 Å². The minimum Gasteiger partial charge on any atom is -0.508 e. The largest absolute Gasteiger partial charge is 0.508 e. The van der Waals surface area contributed by atoms with Crippen LogP contribution in [0.25, 0.3) is 0 Å². The van der Waals surface area contributed by atoms with E-state index in [9.17, 15) is 35.7 Å². The molecule has 2 heterocycles. The number of aromatic hydroxyl groups is 1. The molecular formula is C20H30O11. The number of hydrogen-bond donors (Lipinski definition) is 7. The Bertz CT molecular complexity index is 686. The van der Waals surface area contributed by atoms with Gasteiger partial charge in [-0.25, -0.2) is 0 Å². The molecule has 11 nitrogen and oxygen atoms in total. The molecule has 176 valence electrons. The van der Waals surface area contributed by atoms with E-state index in [0.29, 0.717) is 6.42 Å². The number of phenols is 1. The predicted octanol–water partition coefficient (Wildman–Crippen LogP) is -2.40. The first-order valence-corrected chi connectivity index (χ1v) is 10.1. The maximum absolute atomic E-state index is 10.2. The standard InChI is InChI=1S/C20H30O11/c1-9-13(22)15(24)17(26)20(30-9)29-8-12-14(23)16(25)18(27)19(31-12)28-7-6-10-2-4-11(21)5-3-10/h2-5,9,12-27H,6-8H2,1H3/t9-,12+,13-,14+,15+,16-,17-,18+,19+,20-/m0/s1. The maximum Gasteiger partial charge on any atom is 0.186 e. The number of phenolic OH excluding ortho intramolecular Hbond substituents is 1. The lowest BCUT2D eigenvalue weighted by molar-refractivity contribution is -0.327. The molecule has 0 aromatic heterocycles. The molecule has 0 spiro atoms. The van der Waals surface area contributed by atoms with Crippen LogP contribution in [-0.4, -0.2) is 110 Å². The Morgan fingerprint density at radius 1 is 0.742 bits per heavy atom. The molecule has 0 bridgehead atoms. The fraction of sp³-hybridized carbons (Fsp3) is 0.700. The van der Waals surface area contributed by atoms with E-state index < -0.39 is 61.4 Å². The second-order valence-corrected chi connectivity index (χ2v) is 7.82. The molecule has 1 aromatic rings. The summed E-state index contributed by atoms with van der Waals surface area (Å²) in [5, 5.41) is 69.4. The van der Waals surface area contributed by atoms with Crippen LogP contribution < -0.4 is 0 Å². The minimum absolute atomic E-state index is 0.134. The predicted molar refractivity (Wildman–Crippen MR) is 103 cm³/mol. The molecule has 2 aliphatic rings. The van der Waals surface area contributed by atoms with Crippen LogP contribution in [0, 0.1) is 0 Å². The molecule has 0 saturated carbocycles. The maximum atomic E-state index is 10.2. The molecular weight excluding hydrogens is 416 g/mol. The van der Waals surface area contributed by atoms with Crippen molar-refractivity contribution in [2.24, 2.45) is 0 Å². The highest BCUT2D eigenvalue weighted by molar-refractivity contribution is 5.25. The van der Waals surface area contributed by atoms with Crippen molar-refractivity contribution < 1.29 is 54.7 Å². The van der Waals surface area contributed by atoms with E-state index in [1.807, 2.05) is 0 Å². The second-order valence-electron chi connectivity index (χ2n) is 7.82. The Balaban J connectivity index is 1.53. The van der Waals surface area contributed by atoms with Gasteiger partial charge in [-0.15, -0.1) is 0 Å². The number of aliphatic hydroxyl groups excluding tert-OH is 6. The van der Waals surface area contributed by atoms with Crippen molar-refractivity contribution in [3.8, 4) is 5.75 Å². The van der Waals surface area contributed by atoms with Gasteiger partial charge in [-0.3, -0.25) is 0 Å².